The van der Waals surface area contributed by atoms with Crippen LogP contribution in [0.25, 0.3) is 0 Å². The predicted molar refractivity (Wildman–Crippen MR) is 449 cm³/mol. The summed E-state index contributed by atoms with van der Waals surface area (Å²) in [6.07, 6.45) is 9.71. The molecule has 0 spiro atoms. The van der Waals surface area contributed by atoms with Crippen molar-refractivity contribution < 1.29 is 60.0 Å². The Morgan fingerprint density at radius 2 is 0.440 bits per heavy atom. The molecule has 28 nitrogen and oxygen atoms in total. The van der Waals surface area contributed by atoms with Crippen LogP contribution in [0, 0.1) is 0 Å². The third-order valence-corrected chi connectivity index (χ3v) is 20.8. The number of amides is 4. The second-order valence-electron chi connectivity index (χ2n) is 28.7. The summed E-state index contributed by atoms with van der Waals surface area (Å²) in [5, 5.41) is 126. The molecule has 11 heterocycles. The van der Waals surface area contributed by atoms with E-state index in [0.29, 0.717) is 122 Å². The molecular weight excluding hydrogens is 1470 g/mol. The van der Waals surface area contributed by atoms with Crippen LogP contribution in [0.5, 0.6) is 0 Å². The number of hydrogen-bond acceptors (Lipinski definition) is 16. The number of aliphatic imine (C=N–C) groups is 4. The van der Waals surface area contributed by atoms with Gasteiger partial charge in [0.2, 0.25) is 47.2 Å². The number of hydrogen-bond donors (Lipinski definition) is 8. The van der Waals surface area contributed by atoms with Gasteiger partial charge >= 0.3 is 0 Å². The molecule has 8 aromatic carbocycles. The third-order valence-electron chi connectivity index (χ3n) is 20.8. The molecule has 8 bridgehead atoms. The van der Waals surface area contributed by atoms with Gasteiger partial charge in [-0.2, -0.15) is 20.4 Å². The Labute approximate surface area is 669 Å². The minimum absolute atomic E-state index is 0.113. The molecule has 4 amide bonds. The fourth-order valence-corrected chi connectivity index (χ4v) is 14.6. The summed E-state index contributed by atoms with van der Waals surface area (Å²) in [6, 6.07) is 54.8. The lowest BCUT2D eigenvalue weighted by Gasteiger charge is -2.24. The van der Waals surface area contributed by atoms with E-state index in [0.717, 1.165) is 22.3 Å². The fraction of sp³-hybridized carbons (Fsp3) is 0.273. The molecule has 0 radical (unpaired) electrons. The number of nitrogens with zero attached hydrogens (tertiary/aromatic N) is 16. The van der Waals surface area contributed by atoms with Crippen LogP contribution >= 0.6 is 0 Å². The van der Waals surface area contributed by atoms with Crippen molar-refractivity contribution in [3.05, 3.63) is 285 Å². The molecule has 0 aromatic heterocycles. The van der Waals surface area contributed by atoms with Gasteiger partial charge in [-0.1, -0.05) is 170 Å². The van der Waals surface area contributed by atoms with Gasteiger partial charge in [0, 0.05) is 74.1 Å². The summed E-state index contributed by atoms with van der Waals surface area (Å²) in [6.45, 7) is 1.22. The molecule has 8 N–H and O–H groups in total. The molecule has 8 aromatic rings. The lowest BCUT2D eigenvalue weighted by molar-refractivity contribution is 0.0754. The van der Waals surface area contributed by atoms with Crippen LogP contribution < -0.4 is 0 Å². The van der Waals surface area contributed by atoms with E-state index in [1.54, 1.807) is 97.1 Å². The lowest BCUT2D eigenvalue weighted by atomic mass is 10.1. The average Bonchev–Trinajstić information content (AvgIpc) is 1.66. The van der Waals surface area contributed by atoms with Crippen LogP contribution in [0.3, 0.4) is 0 Å². The number of rotatable bonds is 8. The SMILES string of the molecule is O=C1c2ccc(cc2)C=NN=C(O)C(Cc2ccccc2)N=C(O)C2CCCN2C(=O)c2ccc(cc2)C=NN=C(O)C(Cc2ccccc2)N=C(O)C2CCCN2C(=O)c2ccc(cc2)C=NN=C(O)C(Cc2ccccc2)N=C(O)C2CCCN2C(=O)c2ccc(cc2)C=NN=C(O)C(Cc2ccccc2)N=C(O)C2CCCN12. The van der Waals surface area contributed by atoms with Crippen molar-refractivity contribution in [1.29, 1.82) is 0 Å². The maximum atomic E-state index is 14.3. The predicted octanol–water partition coefficient (Wildman–Crippen LogP) is 12.7. The summed E-state index contributed by atoms with van der Waals surface area (Å²) < 4.78 is 0. The van der Waals surface area contributed by atoms with Gasteiger partial charge in [-0.05, 0) is 144 Å². The molecule has 4 saturated heterocycles. The Morgan fingerprint density at radius 3 is 0.629 bits per heavy atom. The summed E-state index contributed by atoms with van der Waals surface area (Å²) in [5.41, 5.74) is 6.36. The van der Waals surface area contributed by atoms with Crippen LogP contribution in [0.15, 0.2) is 279 Å². The topological polar surface area (TPSA) is 391 Å². The van der Waals surface area contributed by atoms with E-state index in [2.05, 4.69) is 60.8 Å². The van der Waals surface area contributed by atoms with Gasteiger partial charge in [-0.3, -0.25) is 19.2 Å². The molecule has 0 aliphatic carbocycles. The van der Waals surface area contributed by atoms with E-state index in [-0.39, 0.29) is 72.9 Å². The maximum Gasteiger partial charge on any atom is 0.254 e. The summed E-state index contributed by atoms with van der Waals surface area (Å²) in [4.78, 5) is 81.4. The highest BCUT2D eigenvalue weighted by molar-refractivity contribution is 6.02. The van der Waals surface area contributed by atoms with E-state index in [1.165, 1.54) is 44.5 Å². The Balaban J connectivity index is 0.776. The second-order valence-corrected chi connectivity index (χ2v) is 28.7. The molecule has 11 aliphatic heterocycles. The summed E-state index contributed by atoms with van der Waals surface area (Å²) in [7, 11) is 0. The number of aliphatic hydroxyl groups is 8. The first kappa shape index (κ1) is 80.1. The number of aliphatic hydroxyl groups excluding tert-OH is 8. The van der Waals surface area contributed by atoms with Gasteiger partial charge in [-0.15, -0.1) is 20.4 Å². The van der Waals surface area contributed by atoms with E-state index < -0.39 is 71.9 Å². The Bertz CT molecular complexity index is 4510. The van der Waals surface area contributed by atoms with E-state index >= 15 is 0 Å². The van der Waals surface area contributed by atoms with Crippen molar-refractivity contribution in [2.45, 2.75) is 125 Å². The zero-order chi connectivity index (χ0) is 80.9. The largest absolute Gasteiger partial charge is 0.495 e. The summed E-state index contributed by atoms with van der Waals surface area (Å²) >= 11 is 0. The first-order chi connectivity index (χ1) is 56.5. The lowest BCUT2D eigenvalue weighted by Crippen LogP contribution is -2.41. The number of benzene rings is 8. The monoisotopic (exact) mass is 1560 g/mol. The van der Waals surface area contributed by atoms with Crippen molar-refractivity contribution in [3.63, 3.8) is 0 Å². The quantitative estimate of drug-likeness (QED) is 0.0704. The standard InChI is InChI=1S/C88H88N16O12/c105-77-69(49-57-17-5-1-6-18-57)93-81(109)73-25-13-45-101(73)85(113)65-39-31-62(32-40-65)54-90-98-78(106)70(50-58-19-7-2-8-20-58)95-83(111)75-27-15-47-103(75)87(115)67-43-35-64(36-44-67)56-92-100-80(108)72(52-60-23-11-4-12-24-60)96-84(112)76-28-16-48-104(76)88(116)68-41-33-63(34-42-68)55-91-99-79(107)71(51-59-21-9-3-10-22-59)94-82(110)74-26-14-46-102(74)86(114)66-37-29-61(30-38-66)53-89-97-77/h1-12,17-24,29-44,53-56,69-76H,13-16,25-28,45-52H2,(H,93,109)(H,94,110)(H,95,111)(H,96,112)(H,97,105)(H,98,106)(H,99,107)(H,100,108). The molecule has 8 atom stereocenters. The minimum atomic E-state index is -1.12. The average molecular weight is 1560 g/mol. The van der Waals surface area contributed by atoms with Gasteiger partial charge in [0.15, 0.2) is 0 Å². The van der Waals surface area contributed by atoms with Crippen molar-refractivity contribution in [1.82, 2.24) is 19.6 Å². The van der Waals surface area contributed by atoms with Crippen molar-refractivity contribution in [2.75, 3.05) is 26.2 Å². The number of carbonyl (C=O) groups excluding carboxylic acids is 4. The number of carbonyl (C=O) groups is 4. The van der Waals surface area contributed by atoms with E-state index in [4.69, 9.17) is 0 Å². The molecule has 116 heavy (non-hydrogen) atoms. The van der Waals surface area contributed by atoms with Crippen LogP contribution in [0.4, 0.5) is 0 Å². The fourth-order valence-electron chi connectivity index (χ4n) is 14.6. The van der Waals surface area contributed by atoms with Gasteiger partial charge < -0.3 is 60.5 Å². The first-order valence-corrected chi connectivity index (χ1v) is 38.5. The van der Waals surface area contributed by atoms with Crippen LogP contribution in [0.2, 0.25) is 0 Å². The Morgan fingerprint density at radius 1 is 0.250 bits per heavy atom. The van der Waals surface area contributed by atoms with Crippen molar-refractivity contribution in [3.8, 4) is 0 Å². The minimum Gasteiger partial charge on any atom is -0.495 e. The normalized spacial score (nSPS) is 22.1. The zero-order valence-electron chi connectivity index (χ0n) is 63.4. The molecule has 28 heteroatoms. The maximum absolute atomic E-state index is 14.3. The molecule has 592 valence electrons. The summed E-state index contributed by atoms with van der Waals surface area (Å²) in [5.74, 6) is -5.13. The Hall–Kier alpha value is -13.9. The molecular formula is C88H88N16O12. The van der Waals surface area contributed by atoms with Crippen molar-refractivity contribution >= 4 is 95.7 Å². The molecule has 8 unspecified atom stereocenters. The highest BCUT2D eigenvalue weighted by Crippen LogP contribution is 2.28. The van der Waals surface area contributed by atoms with Crippen LogP contribution in [-0.2, 0) is 25.7 Å². The smallest absolute Gasteiger partial charge is 0.254 e. The van der Waals surface area contributed by atoms with Gasteiger partial charge in [0.1, 0.15) is 48.3 Å². The third kappa shape index (κ3) is 20.7. The van der Waals surface area contributed by atoms with Gasteiger partial charge in [0.25, 0.3) is 23.6 Å². The van der Waals surface area contributed by atoms with Gasteiger partial charge in [-0.25, -0.2) is 20.0 Å². The molecule has 4 fully saturated rings. The van der Waals surface area contributed by atoms with E-state index in [9.17, 15) is 60.0 Å². The molecule has 11 aliphatic rings. The zero-order valence-corrected chi connectivity index (χ0v) is 63.4. The molecule has 0 saturated carbocycles. The molecule has 19 rings (SSSR count). The van der Waals surface area contributed by atoms with Crippen LogP contribution in [-0.4, -0.2) is 231 Å². The van der Waals surface area contributed by atoms with Crippen molar-refractivity contribution in [2.24, 2.45) is 60.8 Å². The van der Waals surface area contributed by atoms with E-state index in [1.807, 2.05) is 121 Å². The highest BCUT2D eigenvalue weighted by Gasteiger charge is 2.39. The second kappa shape index (κ2) is 38.5. The first-order valence-electron chi connectivity index (χ1n) is 38.5. The Kier molecular flexibility index (Phi) is 26.6. The van der Waals surface area contributed by atoms with Crippen LogP contribution in [0.1, 0.15) is 137 Å². The van der Waals surface area contributed by atoms with Gasteiger partial charge in [0.05, 0.1) is 24.9 Å². The highest BCUT2D eigenvalue weighted by atomic mass is 16.3.